The Kier molecular flexibility index (Phi) is 9.04. The van der Waals surface area contributed by atoms with E-state index in [2.05, 4.69) is 10.4 Å². The summed E-state index contributed by atoms with van der Waals surface area (Å²) in [5, 5.41) is 19.5. The van der Waals surface area contributed by atoms with Gasteiger partial charge < -0.3 is 14.8 Å². The van der Waals surface area contributed by atoms with Gasteiger partial charge >= 0.3 is 5.69 Å². The third kappa shape index (κ3) is 6.85. The predicted octanol–water partition coefficient (Wildman–Crippen LogP) is 5.79. The van der Waals surface area contributed by atoms with Crippen LogP contribution < -0.4 is 20.3 Å². The highest BCUT2D eigenvalue weighted by molar-refractivity contribution is 5.92. The molecule has 1 amide bonds. The molecule has 1 aliphatic carbocycles. The number of hydrogen-bond donors (Lipinski definition) is 1. The number of nitro benzene ring substituents is 1. The Bertz CT molecular complexity index is 1730. The second-order valence-electron chi connectivity index (χ2n) is 10.1. The van der Waals surface area contributed by atoms with E-state index < -0.39 is 28.9 Å². The van der Waals surface area contributed by atoms with E-state index in [-0.39, 0.29) is 35.1 Å². The maximum atomic E-state index is 13.5. The van der Waals surface area contributed by atoms with Gasteiger partial charge in [0.1, 0.15) is 11.6 Å². The number of carbonyl (C=O) groups is 1. The summed E-state index contributed by atoms with van der Waals surface area (Å²) in [5.41, 5.74) is 0.450. The lowest BCUT2D eigenvalue weighted by Gasteiger charge is -2.22. The lowest BCUT2D eigenvalue weighted by molar-refractivity contribution is -0.385. The van der Waals surface area contributed by atoms with Crippen LogP contribution >= 0.6 is 0 Å². The first kappa shape index (κ1) is 29.4. The summed E-state index contributed by atoms with van der Waals surface area (Å²) in [5.74, 6) is -0.635. The molecule has 1 aliphatic rings. The monoisotopic (exact) mass is 587 g/mol. The molecule has 0 aliphatic heterocycles. The zero-order valence-corrected chi connectivity index (χ0v) is 23.5. The molecule has 5 rings (SSSR count). The number of amides is 1. The Balaban J connectivity index is 1.47. The van der Waals surface area contributed by atoms with Gasteiger partial charge in [-0.3, -0.25) is 19.7 Å². The maximum Gasteiger partial charge on any atom is 0.315 e. The zero-order valence-electron chi connectivity index (χ0n) is 23.5. The number of hydrogen-bond acceptors (Lipinski definition) is 8. The van der Waals surface area contributed by atoms with Crippen LogP contribution in [0.1, 0.15) is 56.3 Å². The fraction of sp³-hybridized carbons (Fsp3) is 0.290. The molecule has 0 saturated heterocycles. The quantitative estimate of drug-likeness (QED) is 0.141. The average Bonchev–Trinajstić information content (AvgIpc) is 3.01. The van der Waals surface area contributed by atoms with Crippen LogP contribution in [-0.4, -0.2) is 39.9 Å². The van der Waals surface area contributed by atoms with Crippen LogP contribution in [0.25, 0.3) is 10.9 Å². The molecule has 1 aromatic heterocycles. The lowest BCUT2D eigenvalue weighted by Crippen LogP contribution is -2.25. The fourth-order valence-electron chi connectivity index (χ4n) is 5.10. The van der Waals surface area contributed by atoms with E-state index in [4.69, 9.17) is 14.5 Å². The van der Waals surface area contributed by atoms with Crippen molar-refractivity contribution in [2.45, 2.75) is 44.9 Å². The summed E-state index contributed by atoms with van der Waals surface area (Å²) in [4.78, 5) is 42.1. The molecule has 1 N–H and O–H groups in total. The van der Waals surface area contributed by atoms with Gasteiger partial charge in [-0.2, -0.15) is 9.78 Å². The van der Waals surface area contributed by atoms with Crippen molar-refractivity contribution in [3.63, 3.8) is 0 Å². The number of nitrogens with zero attached hydrogens (tertiary/aromatic N) is 4. The van der Waals surface area contributed by atoms with Crippen molar-refractivity contribution in [1.82, 2.24) is 9.66 Å². The van der Waals surface area contributed by atoms with E-state index in [1.54, 1.807) is 25.1 Å². The van der Waals surface area contributed by atoms with Gasteiger partial charge in [-0.1, -0.05) is 31.4 Å². The topological polar surface area (TPSA) is 138 Å². The number of halogens is 1. The molecule has 0 atom stereocenters. The van der Waals surface area contributed by atoms with Gasteiger partial charge in [-0.15, -0.1) is 0 Å². The molecule has 222 valence electrons. The Morgan fingerprint density at radius 3 is 2.60 bits per heavy atom. The molecule has 43 heavy (non-hydrogen) atoms. The van der Waals surface area contributed by atoms with E-state index in [0.717, 1.165) is 32.1 Å². The van der Waals surface area contributed by atoms with Gasteiger partial charge in [0.15, 0.2) is 12.4 Å². The van der Waals surface area contributed by atoms with Crippen LogP contribution in [-0.2, 0) is 4.79 Å². The highest BCUT2D eigenvalue weighted by Gasteiger charge is 2.25. The number of para-hydroxylation sites is 1. The van der Waals surface area contributed by atoms with E-state index in [1.807, 2.05) is 6.07 Å². The first-order chi connectivity index (χ1) is 20.8. The second-order valence-corrected chi connectivity index (χ2v) is 10.1. The van der Waals surface area contributed by atoms with Crippen molar-refractivity contribution < 1.29 is 23.6 Å². The van der Waals surface area contributed by atoms with E-state index in [9.17, 15) is 24.1 Å². The minimum atomic E-state index is -0.649. The fourth-order valence-corrected chi connectivity index (χ4v) is 5.10. The van der Waals surface area contributed by atoms with Crippen molar-refractivity contribution in [2.75, 3.05) is 18.5 Å². The molecule has 0 spiro atoms. The van der Waals surface area contributed by atoms with E-state index in [0.29, 0.717) is 22.4 Å². The van der Waals surface area contributed by atoms with Crippen molar-refractivity contribution in [3.05, 3.63) is 98.3 Å². The van der Waals surface area contributed by atoms with Gasteiger partial charge in [0, 0.05) is 23.2 Å². The Hall–Kier alpha value is -5.13. The highest BCUT2D eigenvalue weighted by Crippen LogP contribution is 2.38. The molecule has 0 bridgehead atoms. The van der Waals surface area contributed by atoms with Crippen molar-refractivity contribution >= 4 is 34.4 Å². The van der Waals surface area contributed by atoms with Crippen molar-refractivity contribution in [3.8, 4) is 11.5 Å². The molecule has 1 saturated carbocycles. The lowest BCUT2D eigenvalue weighted by atomic mass is 9.88. The third-order valence-electron chi connectivity index (χ3n) is 7.10. The molecule has 3 aromatic carbocycles. The van der Waals surface area contributed by atoms with Crippen molar-refractivity contribution in [1.29, 1.82) is 0 Å². The average molecular weight is 588 g/mol. The summed E-state index contributed by atoms with van der Waals surface area (Å²) >= 11 is 0. The van der Waals surface area contributed by atoms with Crippen LogP contribution in [0.15, 0.2) is 70.6 Å². The molecule has 0 radical (unpaired) electrons. The maximum absolute atomic E-state index is 13.5. The number of aromatic nitrogens is 2. The molecule has 4 aromatic rings. The smallest absolute Gasteiger partial charge is 0.315 e. The summed E-state index contributed by atoms with van der Waals surface area (Å²) in [6.45, 7) is 1.30. The standard InChI is InChI=1S/C31H30FN5O6/c1-2-42-27-17-20(16-26(37(40)41)29(27)43-19-28(38)34-23-14-12-22(32)13-15-23)18-33-36-30(21-8-4-3-5-9-21)35-25-11-7-6-10-24(25)31(36)39/h6-7,10-18,21H,2-5,8-9,19H2,1H3,(H,34,38). The van der Waals surface area contributed by atoms with E-state index >= 15 is 0 Å². The first-order valence-corrected chi connectivity index (χ1v) is 14.0. The minimum absolute atomic E-state index is 0.0317. The van der Waals surface area contributed by atoms with Gasteiger partial charge in [-0.05, 0) is 62.2 Å². The Morgan fingerprint density at radius 2 is 1.88 bits per heavy atom. The number of ether oxygens (including phenoxy) is 2. The van der Waals surface area contributed by atoms with Crippen LogP contribution in [0.2, 0.25) is 0 Å². The number of benzene rings is 3. The van der Waals surface area contributed by atoms with E-state index in [1.165, 1.54) is 47.3 Å². The number of carbonyl (C=O) groups excluding carboxylic acids is 1. The molecule has 11 nitrogen and oxygen atoms in total. The molecular formula is C31H30FN5O6. The minimum Gasteiger partial charge on any atom is -0.490 e. The number of fused-ring (bicyclic) bond motifs is 1. The second kappa shape index (κ2) is 13.2. The summed E-state index contributed by atoms with van der Waals surface area (Å²) < 4.78 is 25.6. The van der Waals surface area contributed by atoms with Gasteiger partial charge in [0.2, 0.25) is 5.75 Å². The summed E-state index contributed by atoms with van der Waals surface area (Å²) in [7, 11) is 0. The molecule has 1 heterocycles. The van der Waals surface area contributed by atoms with Gasteiger partial charge in [0.25, 0.3) is 11.5 Å². The number of nitrogens with one attached hydrogen (secondary N) is 1. The largest absolute Gasteiger partial charge is 0.490 e. The zero-order chi connectivity index (χ0) is 30.3. The van der Waals surface area contributed by atoms with Gasteiger partial charge in [-0.25, -0.2) is 9.37 Å². The molecule has 1 fully saturated rings. The van der Waals surface area contributed by atoms with Gasteiger partial charge in [0.05, 0.1) is 28.6 Å². The predicted molar refractivity (Wildman–Crippen MR) is 160 cm³/mol. The van der Waals surface area contributed by atoms with Crippen LogP contribution in [0, 0.1) is 15.9 Å². The number of anilines is 1. The van der Waals surface area contributed by atoms with Crippen molar-refractivity contribution in [2.24, 2.45) is 5.10 Å². The summed E-state index contributed by atoms with van der Waals surface area (Å²) in [6.07, 6.45) is 6.32. The Labute approximate surface area is 246 Å². The highest BCUT2D eigenvalue weighted by atomic mass is 19.1. The third-order valence-corrected chi connectivity index (χ3v) is 7.10. The normalized spacial score (nSPS) is 13.7. The number of rotatable bonds is 10. The van der Waals surface area contributed by atoms with Crippen LogP contribution in [0.4, 0.5) is 15.8 Å². The molecule has 12 heteroatoms. The molecule has 0 unspecified atom stereocenters. The molecular weight excluding hydrogens is 557 g/mol. The van der Waals surface area contributed by atoms with Crippen LogP contribution in [0.5, 0.6) is 11.5 Å². The first-order valence-electron chi connectivity index (χ1n) is 14.0. The number of nitro groups is 1. The summed E-state index contributed by atoms with van der Waals surface area (Å²) in [6, 6.07) is 15.0. The SMILES string of the molecule is CCOc1cc(C=Nn2c(C3CCCCC3)nc3ccccc3c2=O)cc([N+](=O)[O-])c1OCC(=O)Nc1ccc(F)cc1. The Morgan fingerprint density at radius 1 is 1.14 bits per heavy atom. The van der Waals surface area contributed by atoms with Crippen LogP contribution in [0.3, 0.4) is 0 Å².